The van der Waals surface area contributed by atoms with Crippen molar-refractivity contribution in [3.05, 3.63) is 29.8 Å². The van der Waals surface area contributed by atoms with E-state index < -0.39 is 0 Å². The monoisotopic (exact) mass is 292 g/mol. The van der Waals surface area contributed by atoms with Gasteiger partial charge in [0.05, 0.1) is 11.0 Å². The first-order chi connectivity index (χ1) is 9.56. The second-order valence-electron chi connectivity index (χ2n) is 5.21. The smallest absolute Gasteiger partial charge is 0.237 e. The Hall–Kier alpha value is -1.49. The first-order valence-corrected chi connectivity index (χ1v) is 7.91. The summed E-state index contributed by atoms with van der Waals surface area (Å²) in [5, 5.41) is 5.62. The molecule has 1 heterocycles. The maximum Gasteiger partial charge on any atom is 0.237 e. The van der Waals surface area contributed by atoms with Gasteiger partial charge in [-0.2, -0.15) is 0 Å². The van der Waals surface area contributed by atoms with Gasteiger partial charge >= 0.3 is 0 Å². The molecule has 1 aromatic rings. The van der Waals surface area contributed by atoms with Crippen LogP contribution in [0.5, 0.6) is 0 Å². The van der Waals surface area contributed by atoms with Crippen molar-refractivity contribution < 1.29 is 9.59 Å². The second-order valence-corrected chi connectivity index (χ2v) is 6.40. The summed E-state index contributed by atoms with van der Waals surface area (Å²) in [5.74, 6) is 0.309. The Balaban J connectivity index is 1.92. The molecule has 1 aliphatic rings. The zero-order valence-corrected chi connectivity index (χ0v) is 12.6. The molecule has 0 saturated carbocycles. The second kappa shape index (κ2) is 6.79. The van der Waals surface area contributed by atoms with Gasteiger partial charge in [0, 0.05) is 11.7 Å². The van der Waals surface area contributed by atoms with Crippen LogP contribution in [-0.4, -0.2) is 28.9 Å². The molecular weight excluding hydrogens is 272 g/mol. The zero-order chi connectivity index (χ0) is 14.5. The van der Waals surface area contributed by atoms with Crippen molar-refractivity contribution in [2.24, 2.45) is 0 Å². The molecular formula is C15H20N2O2S. The number of benzene rings is 1. The summed E-state index contributed by atoms with van der Waals surface area (Å²) in [7, 11) is 0. The lowest BCUT2D eigenvalue weighted by atomic mass is 10.1. The standard InChI is InChI=1S/C15H20N2O2S/c1-10(2)16-14(18)9-20-13-8-7-11-5-3-4-6-12(11)17-15(13)19/h3-6,10,13H,7-9H2,1-2H3,(H,16,18)(H,17,19). The molecule has 0 aliphatic carbocycles. The highest BCUT2D eigenvalue weighted by Gasteiger charge is 2.24. The molecule has 2 rings (SSSR count). The predicted octanol–water partition coefficient (Wildman–Crippen LogP) is 2.20. The van der Waals surface area contributed by atoms with E-state index in [-0.39, 0.29) is 23.1 Å². The van der Waals surface area contributed by atoms with Crippen LogP contribution in [0.4, 0.5) is 5.69 Å². The van der Waals surface area contributed by atoms with Crippen LogP contribution < -0.4 is 10.6 Å². The molecule has 4 nitrogen and oxygen atoms in total. The number of carbonyl (C=O) groups excluding carboxylic acids is 2. The van der Waals surface area contributed by atoms with Gasteiger partial charge in [-0.15, -0.1) is 11.8 Å². The van der Waals surface area contributed by atoms with E-state index in [0.717, 1.165) is 24.1 Å². The number of thioether (sulfide) groups is 1. The summed E-state index contributed by atoms with van der Waals surface area (Å²) in [6.07, 6.45) is 1.63. The third-order valence-corrected chi connectivity index (χ3v) is 4.39. The van der Waals surface area contributed by atoms with Crippen molar-refractivity contribution in [3.8, 4) is 0 Å². The minimum absolute atomic E-state index is 0.00250. The summed E-state index contributed by atoms with van der Waals surface area (Å²) in [6.45, 7) is 3.86. The summed E-state index contributed by atoms with van der Waals surface area (Å²) < 4.78 is 0. The average Bonchev–Trinajstić information content (AvgIpc) is 2.54. The topological polar surface area (TPSA) is 58.2 Å². The molecule has 1 aromatic carbocycles. The highest BCUT2D eigenvalue weighted by Crippen LogP contribution is 2.26. The summed E-state index contributed by atoms with van der Waals surface area (Å²) >= 11 is 1.42. The van der Waals surface area contributed by atoms with E-state index in [1.54, 1.807) is 0 Å². The van der Waals surface area contributed by atoms with E-state index in [2.05, 4.69) is 10.6 Å². The molecule has 5 heteroatoms. The van der Waals surface area contributed by atoms with Crippen molar-refractivity contribution in [2.45, 2.75) is 38.0 Å². The number of para-hydroxylation sites is 1. The van der Waals surface area contributed by atoms with Gasteiger partial charge in [0.2, 0.25) is 11.8 Å². The Morgan fingerprint density at radius 1 is 1.45 bits per heavy atom. The van der Waals surface area contributed by atoms with Crippen LogP contribution in [0.25, 0.3) is 0 Å². The maximum absolute atomic E-state index is 12.1. The fourth-order valence-corrected chi connectivity index (χ4v) is 3.12. The molecule has 2 N–H and O–H groups in total. The Kier molecular flexibility index (Phi) is 5.06. The molecule has 2 amide bonds. The molecule has 0 fully saturated rings. The van der Waals surface area contributed by atoms with Gasteiger partial charge in [-0.3, -0.25) is 9.59 Å². The van der Waals surface area contributed by atoms with Gasteiger partial charge in [0.25, 0.3) is 0 Å². The molecule has 0 bridgehead atoms. The maximum atomic E-state index is 12.1. The molecule has 0 spiro atoms. The van der Waals surface area contributed by atoms with E-state index >= 15 is 0 Å². The largest absolute Gasteiger partial charge is 0.353 e. The molecule has 1 atom stereocenters. The Morgan fingerprint density at radius 3 is 2.95 bits per heavy atom. The lowest BCUT2D eigenvalue weighted by molar-refractivity contribution is -0.119. The van der Waals surface area contributed by atoms with Crippen LogP contribution in [0.3, 0.4) is 0 Å². The SMILES string of the molecule is CC(C)NC(=O)CSC1CCc2ccccc2NC1=O. The summed E-state index contributed by atoms with van der Waals surface area (Å²) in [5.41, 5.74) is 2.06. The predicted molar refractivity (Wildman–Crippen MR) is 82.9 cm³/mol. The van der Waals surface area contributed by atoms with Crippen molar-refractivity contribution in [1.29, 1.82) is 0 Å². The van der Waals surface area contributed by atoms with Crippen molar-refractivity contribution in [3.63, 3.8) is 0 Å². The molecule has 0 saturated heterocycles. The van der Waals surface area contributed by atoms with Gasteiger partial charge in [-0.25, -0.2) is 0 Å². The zero-order valence-electron chi connectivity index (χ0n) is 11.8. The van der Waals surface area contributed by atoms with Crippen molar-refractivity contribution >= 4 is 29.3 Å². The number of amides is 2. The highest BCUT2D eigenvalue weighted by molar-refractivity contribution is 8.01. The van der Waals surface area contributed by atoms with E-state index in [1.165, 1.54) is 11.8 Å². The molecule has 0 aromatic heterocycles. The Bertz CT molecular complexity index is 502. The van der Waals surface area contributed by atoms with Crippen LogP contribution in [0.1, 0.15) is 25.8 Å². The van der Waals surface area contributed by atoms with Crippen LogP contribution in [-0.2, 0) is 16.0 Å². The number of anilines is 1. The van der Waals surface area contributed by atoms with E-state index in [4.69, 9.17) is 0 Å². The third-order valence-electron chi connectivity index (χ3n) is 3.11. The Labute approximate surface area is 123 Å². The first-order valence-electron chi connectivity index (χ1n) is 6.86. The highest BCUT2D eigenvalue weighted by atomic mass is 32.2. The average molecular weight is 292 g/mol. The molecule has 108 valence electrons. The van der Waals surface area contributed by atoms with Crippen molar-refractivity contribution in [1.82, 2.24) is 5.32 Å². The molecule has 0 radical (unpaired) electrons. The molecule has 20 heavy (non-hydrogen) atoms. The number of carbonyl (C=O) groups is 2. The summed E-state index contributed by atoms with van der Waals surface area (Å²) in [4.78, 5) is 23.8. The fraction of sp³-hybridized carbons (Fsp3) is 0.467. The minimum Gasteiger partial charge on any atom is -0.353 e. The summed E-state index contributed by atoms with van der Waals surface area (Å²) in [6, 6.07) is 7.99. The van der Waals surface area contributed by atoms with Gasteiger partial charge < -0.3 is 10.6 Å². The van der Waals surface area contributed by atoms with Gasteiger partial charge in [-0.1, -0.05) is 18.2 Å². The van der Waals surface area contributed by atoms with Gasteiger partial charge in [-0.05, 0) is 38.3 Å². The van der Waals surface area contributed by atoms with Crippen LogP contribution in [0.15, 0.2) is 24.3 Å². The fourth-order valence-electron chi connectivity index (χ4n) is 2.19. The van der Waals surface area contributed by atoms with E-state index in [1.807, 2.05) is 38.1 Å². The number of rotatable bonds is 4. The normalized spacial score (nSPS) is 18.1. The van der Waals surface area contributed by atoms with E-state index in [9.17, 15) is 9.59 Å². The van der Waals surface area contributed by atoms with E-state index in [0.29, 0.717) is 5.75 Å². The lowest BCUT2D eigenvalue weighted by Gasteiger charge is -2.13. The van der Waals surface area contributed by atoms with Crippen LogP contribution in [0, 0.1) is 0 Å². The number of fused-ring (bicyclic) bond motifs is 1. The minimum atomic E-state index is -0.166. The lowest BCUT2D eigenvalue weighted by Crippen LogP contribution is -2.33. The quantitative estimate of drug-likeness (QED) is 0.894. The Morgan fingerprint density at radius 2 is 2.20 bits per heavy atom. The number of aryl methyl sites for hydroxylation is 1. The van der Waals surface area contributed by atoms with Crippen LogP contribution >= 0.6 is 11.8 Å². The first kappa shape index (κ1) is 14.9. The molecule has 1 aliphatic heterocycles. The third kappa shape index (κ3) is 4.00. The molecule has 1 unspecified atom stereocenters. The van der Waals surface area contributed by atoms with Crippen molar-refractivity contribution in [2.75, 3.05) is 11.1 Å². The van der Waals surface area contributed by atoms with Crippen LogP contribution in [0.2, 0.25) is 0 Å². The number of nitrogens with one attached hydrogen (secondary N) is 2. The number of hydrogen-bond acceptors (Lipinski definition) is 3. The number of hydrogen-bond donors (Lipinski definition) is 2. The van der Waals surface area contributed by atoms with Gasteiger partial charge in [0.1, 0.15) is 0 Å². The van der Waals surface area contributed by atoms with Gasteiger partial charge in [0.15, 0.2) is 0 Å².